The first-order valence-corrected chi connectivity index (χ1v) is 8.76. The van der Waals surface area contributed by atoms with Crippen LogP contribution in [0.5, 0.6) is 0 Å². The molecule has 1 aliphatic heterocycles. The van der Waals surface area contributed by atoms with Crippen molar-refractivity contribution in [1.82, 2.24) is 19.4 Å². The normalized spacial score (nSPS) is 20.4. The number of halogens is 3. The summed E-state index contributed by atoms with van der Waals surface area (Å²) in [5, 5.41) is 0.920. The Hall–Kier alpha value is -1.96. The van der Waals surface area contributed by atoms with E-state index in [1.165, 1.54) is 6.33 Å². The number of likely N-dealkylation sites (tertiary alicyclic amines) is 1. The maximum atomic E-state index is 14.7. The molecule has 0 saturated carbocycles. The van der Waals surface area contributed by atoms with Crippen molar-refractivity contribution in [2.24, 2.45) is 5.92 Å². The van der Waals surface area contributed by atoms with Crippen molar-refractivity contribution in [3.8, 4) is 0 Å². The first-order chi connectivity index (χ1) is 12.1. The molecule has 1 aliphatic rings. The fourth-order valence-corrected chi connectivity index (χ4v) is 3.24. The molecule has 0 radical (unpaired) electrons. The second-order valence-electron chi connectivity index (χ2n) is 7.52. The number of piperidine rings is 1. The highest BCUT2D eigenvalue weighted by atomic mass is 35.5. The first kappa shape index (κ1) is 18.8. The molecule has 0 spiro atoms. The number of aromatic nitrogens is 3. The molecular weight excluding hydrogens is 366 g/mol. The largest absolute Gasteiger partial charge is 0.444 e. The van der Waals surface area contributed by atoms with Gasteiger partial charge >= 0.3 is 6.09 Å². The van der Waals surface area contributed by atoms with Crippen molar-refractivity contribution in [1.29, 1.82) is 0 Å². The van der Waals surface area contributed by atoms with Crippen LogP contribution in [0.2, 0.25) is 5.15 Å². The summed E-state index contributed by atoms with van der Waals surface area (Å²) in [4.78, 5) is 21.2. The zero-order valence-corrected chi connectivity index (χ0v) is 15.6. The highest BCUT2D eigenvalue weighted by Gasteiger charge is 2.46. The molecule has 6 nitrogen and oxygen atoms in total. The lowest BCUT2D eigenvalue weighted by Gasteiger charge is -2.38. The predicted octanol–water partition coefficient (Wildman–Crippen LogP) is 3.98. The van der Waals surface area contributed by atoms with E-state index in [4.69, 9.17) is 16.3 Å². The van der Waals surface area contributed by atoms with E-state index in [2.05, 4.69) is 9.97 Å². The molecule has 3 rings (SSSR count). The van der Waals surface area contributed by atoms with Crippen LogP contribution in [-0.2, 0) is 11.3 Å². The Labute approximate surface area is 155 Å². The molecule has 2 aromatic heterocycles. The van der Waals surface area contributed by atoms with Crippen LogP contribution in [0, 0.1) is 5.92 Å². The smallest absolute Gasteiger partial charge is 0.410 e. The molecular formula is C17H21ClF2N4O2. The van der Waals surface area contributed by atoms with E-state index >= 15 is 0 Å². The maximum absolute atomic E-state index is 14.7. The fourth-order valence-electron chi connectivity index (χ4n) is 3.05. The molecule has 26 heavy (non-hydrogen) atoms. The van der Waals surface area contributed by atoms with Crippen LogP contribution >= 0.6 is 11.6 Å². The monoisotopic (exact) mass is 386 g/mol. The topological polar surface area (TPSA) is 60.2 Å². The predicted molar refractivity (Wildman–Crippen MR) is 93.4 cm³/mol. The van der Waals surface area contributed by atoms with Crippen LogP contribution in [0.3, 0.4) is 0 Å². The lowest BCUT2D eigenvalue weighted by Crippen LogP contribution is -2.52. The molecule has 0 bridgehead atoms. The van der Waals surface area contributed by atoms with Crippen LogP contribution in [0.15, 0.2) is 18.6 Å². The van der Waals surface area contributed by atoms with Crippen LogP contribution in [0.25, 0.3) is 11.0 Å². The van der Waals surface area contributed by atoms with Crippen LogP contribution in [0.4, 0.5) is 13.6 Å². The van der Waals surface area contributed by atoms with Gasteiger partial charge in [0.2, 0.25) is 0 Å². The molecule has 1 atom stereocenters. The highest BCUT2D eigenvalue weighted by molar-refractivity contribution is 6.33. The van der Waals surface area contributed by atoms with Crippen molar-refractivity contribution < 1.29 is 18.3 Å². The van der Waals surface area contributed by atoms with Crippen molar-refractivity contribution in [2.75, 3.05) is 13.1 Å². The Kier molecular flexibility index (Phi) is 4.81. The lowest BCUT2D eigenvalue weighted by atomic mass is 9.93. The van der Waals surface area contributed by atoms with E-state index in [1.54, 1.807) is 37.6 Å². The Bertz CT molecular complexity index is 819. The second kappa shape index (κ2) is 6.64. The molecule has 1 amide bonds. The minimum atomic E-state index is -3.03. The third-order valence-electron chi connectivity index (χ3n) is 4.32. The van der Waals surface area contributed by atoms with E-state index in [0.29, 0.717) is 16.2 Å². The van der Waals surface area contributed by atoms with Gasteiger partial charge in [0.1, 0.15) is 22.7 Å². The number of hydrogen-bond acceptors (Lipinski definition) is 4. The summed E-state index contributed by atoms with van der Waals surface area (Å²) >= 11 is 6.01. The molecule has 1 fully saturated rings. The van der Waals surface area contributed by atoms with Crippen molar-refractivity contribution >= 4 is 28.7 Å². The summed E-state index contributed by atoms with van der Waals surface area (Å²) in [6, 6.07) is 1.71. The third-order valence-corrected chi connectivity index (χ3v) is 4.62. The average Bonchev–Trinajstić information content (AvgIpc) is 2.92. The average molecular weight is 387 g/mol. The van der Waals surface area contributed by atoms with Crippen LogP contribution < -0.4 is 0 Å². The van der Waals surface area contributed by atoms with Gasteiger partial charge in [0.15, 0.2) is 0 Å². The van der Waals surface area contributed by atoms with Crippen molar-refractivity contribution in [3.05, 3.63) is 23.7 Å². The number of hydrogen-bond donors (Lipinski definition) is 0. The molecule has 1 saturated heterocycles. The van der Waals surface area contributed by atoms with E-state index < -0.39 is 30.1 Å². The molecule has 0 N–H and O–H groups in total. The molecule has 9 heteroatoms. The molecule has 142 valence electrons. The maximum Gasteiger partial charge on any atom is 0.410 e. The summed E-state index contributed by atoms with van der Waals surface area (Å²) in [5.41, 5.74) is -0.193. The van der Waals surface area contributed by atoms with Crippen LogP contribution in [0.1, 0.15) is 27.2 Å². The van der Waals surface area contributed by atoms with Crippen molar-refractivity contribution in [2.45, 2.75) is 45.3 Å². The highest BCUT2D eigenvalue weighted by Crippen LogP contribution is 2.35. The van der Waals surface area contributed by atoms with Gasteiger partial charge in [0, 0.05) is 25.2 Å². The zero-order chi connectivity index (χ0) is 19.1. The molecule has 0 aromatic carbocycles. The third kappa shape index (κ3) is 3.90. The molecule has 1 unspecified atom stereocenters. The number of nitrogens with zero attached hydrogens (tertiary/aromatic N) is 4. The SMILES string of the molecule is CC(C)(C)OC(=O)N1CCC(Cn2ccc3c(Cl)ncnc32)C(F)(F)C1. The van der Waals surface area contributed by atoms with E-state index in [9.17, 15) is 13.6 Å². The lowest BCUT2D eigenvalue weighted by molar-refractivity contribution is -0.114. The van der Waals surface area contributed by atoms with Gasteiger partial charge in [-0.3, -0.25) is 0 Å². The van der Waals surface area contributed by atoms with Gasteiger partial charge in [-0.05, 0) is 33.3 Å². The van der Waals surface area contributed by atoms with Gasteiger partial charge in [0.05, 0.1) is 11.9 Å². The quantitative estimate of drug-likeness (QED) is 0.732. The Balaban J connectivity index is 1.72. The van der Waals surface area contributed by atoms with E-state index in [0.717, 1.165) is 4.90 Å². The van der Waals surface area contributed by atoms with Gasteiger partial charge in [-0.25, -0.2) is 23.5 Å². The number of carbonyl (C=O) groups is 1. The summed E-state index contributed by atoms with van der Waals surface area (Å²) in [6.45, 7) is 4.79. The summed E-state index contributed by atoms with van der Waals surface area (Å²) in [6.07, 6.45) is 2.46. The zero-order valence-electron chi connectivity index (χ0n) is 14.9. The standard InChI is InChI=1S/C17H21ClF2N4O2/c1-16(2,3)26-15(25)24-6-4-11(17(19,20)9-24)8-23-7-5-12-13(18)21-10-22-14(12)23/h5,7,10-11H,4,6,8-9H2,1-3H3. The minimum Gasteiger partial charge on any atom is -0.444 e. The second-order valence-corrected chi connectivity index (χ2v) is 7.88. The number of ether oxygens (including phenoxy) is 1. The number of amides is 1. The number of carbonyl (C=O) groups excluding carboxylic acids is 1. The minimum absolute atomic E-state index is 0.0893. The van der Waals surface area contributed by atoms with Crippen LogP contribution in [-0.4, -0.2) is 50.1 Å². The Morgan fingerprint density at radius 3 is 2.81 bits per heavy atom. The van der Waals surface area contributed by atoms with Gasteiger partial charge in [0.25, 0.3) is 5.92 Å². The number of rotatable bonds is 2. The Morgan fingerprint density at radius 1 is 1.42 bits per heavy atom. The van der Waals surface area contributed by atoms with Gasteiger partial charge in [-0.15, -0.1) is 0 Å². The van der Waals surface area contributed by atoms with Crippen molar-refractivity contribution in [3.63, 3.8) is 0 Å². The van der Waals surface area contributed by atoms with Gasteiger partial charge < -0.3 is 14.2 Å². The molecule has 3 heterocycles. The number of alkyl halides is 2. The van der Waals surface area contributed by atoms with Gasteiger partial charge in [-0.2, -0.15) is 0 Å². The van der Waals surface area contributed by atoms with E-state index in [-0.39, 0.29) is 19.5 Å². The summed E-state index contributed by atoms with van der Waals surface area (Å²) in [7, 11) is 0. The van der Waals surface area contributed by atoms with E-state index in [1.807, 2.05) is 0 Å². The Morgan fingerprint density at radius 2 is 2.15 bits per heavy atom. The summed E-state index contributed by atoms with van der Waals surface area (Å²) in [5.74, 6) is -3.94. The number of fused-ring (bicyclic) bond motifs is 1. The van der Waals surface area contributed by atoms with Gasteiger partial charge in [-0.1, -0.05) is 11.6 Å². The molecule has 0 aliphatic carbocycles. The fraction of sp³-hybridized carbons (Fsp3) is 0.588. The molecule has 2 aromatic rings. The summed E-state index contributed by atoms with van der Waals surface area (Å²) < 4.78 is 36.2. The first-order valence-electron chi connectivity index (χ1n) is 8.38.